The van der Waals surface area contributed by atoms with E-state index in [4.69, 9.17) is 9.47 Å². The number of alkyl carbamates (subject to hydrolysis) is 1. The largest absolute Gasteiger partial charge is 0.489 e. The number of fused-ring (bicyclic) bond motifs is 1. The van der Waals surface area contributed by atoms with E-state index in [1.807, 2.05) is 59.5 Å². The summed E-state index contributed by atoms with van der Waals surface area (Å²) in [7, 11) is -3.17. The Labute approximate surface area is 221 Å². The molecule has 0 radical (unpaired) electrons. The van der Waals surface area contributed by atoms with Crippen LogP contribution >= 0.6 is 11.8 Å². The maximum absolute atomic E-state index is 12.6. The predicted molar refractivity (Wildman–Crippen MR) is 145 cm³/mol. The van der Waals surface area contributed by atoms with Gasteiger partial charge in [-0.25, -0.2) is 13.2 Å². The van der Waals surface area contributed by atoms with Crippen LogP contribution in [0, 0.1) is 0 Å². The molecule has 2 aliphatic rings. The monoisotopic (exact) mass is 545 g/mol. The van der Waals surface area contributed by atoms with Crippen LogP contribution in [0.5, 0.6) is 5.75 Å². The molecule has 0 spiro atoms. The molecule has 2 aliphatic heterocycles. The molecule has 0 aromatic heterocycles. The Morgan fingerprint density at radius 2 is 1.78 bits per heavy atom. The number of hydrogen-bond acceptors (Lipinski definition) is 7. The maximum atomic E-state index is 12.6. The average molecular weight is 546 g/mol. The molecule has 4 rings (SSSR count). The molecule has 0 aliphatic carbocycles. The number of hydrogen-bond donors (Lipinski definition) is 1. The summed E-state index contributed by atoms with van der Waals surface area (Å²) in [5, 5.41) is 2.81. The summed E-state index contributed by atoms with van der Waals surface area (Å²) in [6.45, 7) is 5.79. The third-order valence-corrected chi connectivity index (χ3v) is 8.87. The van der Waals surface area contributed by atoms with E-state index in [1.54, 1.807) is 20.8 Å². The molecule has 0 saturated carbocycles. The summed E-state index contributed by atoms with van der Waals surface area (Å²) < 4.78 is 35.7. The molecule has 198 valence electrons. The number of carbonyl (C=O) groups is 2. The number of aliphatic imine (C=N–C) groups is 1. The van der Waals surface area contributed by atoms with Gasteiger partial charge in [-0.05, 0) is 50.6 Å². The van der Waals surface area contributed by atoms with Gasteiger partial charge in [0, 0.05) is 23.9 Å². The molecule has 0 unspecified atom stereocenters. The highest BCUT2D eigenvalue weighted by Crippen LogP contribution is 2.41. The first-order chi connectivity index (χ1) is 17.5. The first-order valence-electron chi connectivity index (χ1n) is 12.0. The Kier molecular flexibility index (Phi) is 8.13. The molecular formula is C26H31N3O6S2. The molecule has 37 heavy (non-hydrogen) atoms. The zero-order valence-corrected chi connectivity index (χ0v) is 22.7. The van der Waals surface area contributed by atoms with Crippen molar-refractivity contribution >= 4 is 44.5 Å². The van der Waals surface area contributed by atoms with E-state index in [2.05, 4.69) is 10.3 Å². The van der Waals surface area contributed by atoms with Crippen LogP contribution in [0.15, 0.2) is 59.6 Å². The third kappa shape index (κ3) is 7.48. The minimum absolute atomic E-state index is 0.00294. The van der Waals surface area contributed by atoms with Crippen molar-refractivity contribution in [1.29, 1.82) is 0 Å². The lowest BCUT2D eigenvalue weighted by Crippen LogP contribution is -2.37. The number of nitrogens with one attached hydrogen (secondary N) is 1. The molecule has 2 saturated heterocycles. The van der Waals surface area contributed by atoms with Gasteiger partial charge in [0.05, 0.1) is 17.5 Å². The van der Waals surface area contributed by atoms with Crippen molar-refractivity contribution in [3.63, 3.8) is 0 Å². The fraction of sp³-hybridized carbons (Fsp3) is 0.423. The van der Waals surface area contributed by atoms with Gasteiger partial charge in [0.15, 0.2) is 15.0 Å². The van der Waals surface area contributed by atoms with Crippen molar-refractivity contribution in [2.45, 2.75) is 50.7 Å². The van der Waals surface area contributed by atoms with Crippen molar-refractivity contribution in [1.82, 2.24) is 5.32 Å². The third-order valence-electron chi connectivity index (χ3n) is 5.66. The molecule has 2 amide bonds. The van der Waals surface area contributed by atoms with Gasteiger partial charge in [0.1, 0.15) is 18.0 Å². The average Bonchev–Trinajstić information content (AvgIpc) is 3.28. The summed E-state index contributed by atoms with van der Waals surface area (Å²) in [5.41, 5.74) is 1.16. The second-order valence-electron chi connectivity index (χ2n) is 9.91. The van der Waals surface area contributed by atoms with Crippen LogP contribution in [0.25, 0.3) is 0 Å². The Morgan fingerprint density at radius 1 is 1.08 bits per heavy atom. The number of benzene rings is 2. The molecule has 2 aromatic carbocycles. The summed E-state index contributed by atoms with van der Waals surface area (Å²) in [5.74, 6) is 0.321. The number of thioether (sulfide) groups is 1. The molecular weight excluding hydrogens is 514 g/mol. The van der Waals surface area contributed by atoms with Crippen molar-refractivity contribution in [2.24, 2.45) is 4.99 Å². The van der Waals surface area contributed by atoms with Crippen LogP contribution in [0.3, 0.4) is 0 Å². The number of anilines is 1. The smallest absolute Gasteiger partial charge is 0.407 e. The van der Waals surface area contributed by atoms with Gasteiger partial charge in [-0.2, -0.15) is 4.99 Å². The number of sulfone groups is 1. The van der Waals surface area contributed by atoms with Crippen LogP contribution in [0.1, 0.15) is 32.8 Å². The molecule has 2 heterocycles. The fourth-order valence-corrected chi connectivity index (χ4v) is 7.99. The first kappa shape index (κ1) is 27.0. The van der Waals surface area contributed by atoms with Crippen LogP contribution in [0.4, 0.5) is 10.5 Å². The van der Waals surface area contributed by atoms with Crippen molar-refractivity contribution in [3.8, 4) is 5.75 Å². The van der Waals surface area contributed by atoms with E-state index in [0.29, 0.717) is 17.5 Å². The van der Waals surface area contributed by atoms with E-state index in [-0.39, 0.29) is 35.8 Å². The summed E-state index contributed by atoms with van der Waals surface area (Å²) >= 11 is 1.31. The number of rotatable bonds is 7. The van der Waals surface area contributed by atoms with E-state index in [0.717, 1.165) is 11.3 Å². The number of ether oxygens (including phenoxy) is 2. The fourth-order valence-electron chi connectivity index (χ4n) is 4.06. The molecule has 1 N–H and O–H groups in total. The lowest BCUT2D eigenvalue weighted by Gasteiger charge is -2.24. The predicted octanol–water partition coefficient (Wildman–Crippen LogP) is 3.78. The minimum Gasteiger partial charge on any atom is -0.489 e. The second-order valence-corrected chi connectivity index (χ2v) is 13.3. The molecule has 11 heteroatoms. The lowest BCUT2D eigenvalue weighted by atomic mass is 10.2. The van der Waals surface area contributed by atoms with E-state index in [9.17, 15) is 18.0 Å². The topological polar surface area (TPSA) is 114 Å². The number of nitrogens with zero attached hydrogens (tertiary/aromatic N) is 2. The minimum atomic E-state index is -3.17. The van der Waals surface area contributed by atoms with Gasteiger partial charge in [-0.1, -0.05) is 42.1 Å². The zero-order valence-electron chi connectivity index (χ0n) is 21.0. The van der Waals surface area contributed by atoms with Gasteiger partial charge in [0.2, 0.25) is 5.91 Å². The second kappa shape index (κ2) is 11.1. The summed E-state index contributed by atoms with van der Waals surface area (Å²) in [6.07, 6.45) is -0.601. The number of amidine groups is 1. The van der Waals surface area contributed by atoms with Crippen molar-refractivity contribution in [2.75, 3.05) is 23.0 Å². The Balaban J connectivity index is 1.44. The van der Waals surface area contributed by atoms with Crippen LogP contribution in [-0.4, -0.2) is 60.5 Å². The van der Waals surface area contributed by atoms with Gasteiger partial charge >= 0.3 is 6.09 Å². The Hall–Kier alpha value is -3.05. The number of amides is 2. The molecule has 2 atom stereocenters. The number of carbonyl (C=O) groups excluding carboxylic acids is 2. The van der Waals surface area contributed by atoms with Crippen LogP contribution in [-0.2, 0) is 26.0 Å². The molecule has 9 nitrogen and oxygen atoms in total. The summed E-state index contributed by atoms with van der Waals surface area (Å²) in [4.78, 5) is 30.5. The van der Waals surface area contributed by atoms with Crippen molar-refractivity contribution in [3.05, 3.63) is 60.2 Å². The highest BCUT2D eigenvalue weighted by molar-refractivity contribution is 8.16. The molecule has 2 fully saturated rings. The quantitative estimate of drug-likeness (QED) is 0.559. The highest BCUT2D eigenvalue weighted by atomic mass is 32.2. The van der Waals surface area contributed by atoms with E-state index < -0.39 is 27.4 Å². The normalized spacial score (nSPS) is 21.5. The first-order valence-corrected chi connectivity index (χ1v) is 14.7. The zero-order chi connectivity index (χ0) is 26.6. The Bertz CT molecular complexity index is 1260. The standard InChI is InChI=1S/C26H31N3O6S2/c1-26(2,3)35-25(31)27-14-13-23(30)28-24-29(21-16-37(32,33)17-22(21)36-24)19-9-11-20(12-10-19)34-15-18-7-5-4-6-8-18/h4-12,21-22H,13-17H2,1-3H3,(H,27,31)/t21-,22+/m1/s1. The van der Waals surface area contributed by atoms with Crippen LogP contribution in [0.2, 0.25) is 0 Å². The van der Waals surface area contributed by atoms with Crippen molar-refractivity contribution < 1.29 is 27.5 Å². The van der Waals surface area contributed by atoms with Crippen LogP contribution < -0.4 is 15.0 Å². The maximum Gasteiger partial charge on any atom is 0.407 e. The SMILES string of the molecule is CC(C)(C)OC(=O)NCCC(=O)N=C1S[C@H]2CS(=O)(=O)C[C@H]2N1c1ccc(OCc2ccccc2)cc1. The van der Waals surface area contributed by atoms with Gasteiger partial charge in [0.25, 0.3) is 0 Å². The summed E-state index contributed by atoms with van der Waals surface area (Å²) in [6, 6.07) is 16.9. The Morgan fingerprint density at radius 3 is 2.46 bits per heavy atom. The van der Waals surface area contributed by atoms with Gasteiger partial charge < -0.3 is 19.7 Å². The van der Waals surface area contributed by atoms with Gasteiger partial charge in [-0.15, -0.1) is 0 Å². The van der Waals surface area contributed by atoms with E-state index in [1.165, 1.54) is 11.8 Å². The van der Waals surface area contributed by atoms with E-state index >= 15 is 0 Å². The molecule has 2 aromatic rings. The lowest BCUT2D eigenvalue weighted by molar-refractivity contribution is -0.117. The highest BCUT2D eigenvalue weighted by Gasteiger charge is 2.49. The molecule has 0 bridgehead atoms. The van der Waals surface area contributed by atoms with Gasteiger partial charge in [-0.3, -0.25) is 4.79 Å².